The van der Waals surface area contributed by atoms with E-state index in [1.807, 2.05) is 0 Å². The Labute approximate surface area is 113 Å². The third kappa shape index (κ3) is 3.64. The summed E-state index contributed by atoms with van der Waals surface area (Å²) in [5.41, 5.74) is -1.09. The van der Waals surface area contributed by atoms with Gasteiger partial charge in [-0.2, -0.15) is 18.4 Å². The molecule has 0 atom stereocenters. The number of nitrogens with zero attached hydrogens (tertiary/aromatic N) is 1. The molecule has 0 bridgehead atoms. The van der Waals surface area contributed by atoms with Gasteiger partial charge in [0.2, 0.25) is 0 Å². The summed E-state index contributed by atoms with van der Waals surface area (Å²) in [7, 11) is 0. The fourth-order valence-corrected chi connectivity index (χ4v) is 1.90. The van der Waals surface area contributed by atoms with Crippen molar-refractivity contribution in [1.82, 2.24) is 0 Å². The number of carbonyl (C=O) groups excluding carboxylic acids is 1. The van der Waals surface area contributed by atoms with E-state index in [2.05, 4.69) is 17.4 Å². The number of halogens is 3. The van der Waals surface area contributed by atoms with Crippen LogP contribution < -0.4 is 0 Å². The molecule has 0 saturated carbocycles. The molecular weight excluding hydrogens is 279 g/mol. The molecule has 0 N–H and O–H groups in total. The Morgan fingerprint density at radius 3 is 2.58 bits per heavy atom. The first-order valence-corrected chi connectivity index (χ1v) is 5.73. The van der Waals surface area contributed by atoms with Gasteiger partial charge in [0.25, 0.3) is 0 Å². The number of alkyl halides is 3. The highest BCUT2D eigenvalue weighted by atomic mass is 32.1. The first-order valence-electron chi connectivity index (χ1n) is 5.29. The summed E-state index contributed by atoms with van der Waals surface area (Å²) in [5, 5.41) is 8.91. The fraction of sp³-hybridized carbons (Fsp3) is 0.333. The largest absolute Gasteiger partial charge is 0.466 e. The van der Waals surface area contributed by atoms with Crippen LogP contribution in [-0.2, 0) is 22.1 Å². The predicted octanol–water partition coefficient (Wildman–Crippen LogP) is 2.97. The maximum Gasteiger partial charge on any atom is 0.417 e. The summed E-state index contributed by atoms with van der Waals surface area (Å²) in [6, 6.07) is 3.54. The number of ether oxygens (including phenoxy) is 1. The summed E-state index contributed by atoms with van der Waals surface area (Å²) >= 11 is 3.73. The van der Waals surface area contributed by atoms with Crippen molar-refractivity contribution >= 4 is 18.6 Å². The zero-order valence-corrected chi connectivity index (χ0v) is 10.8. The van der Waals surface area contributed by atoms with Gasteiger partial charge in [-0.1, -0.05) is 6.07 Å². The van der Waals surface area contributed by atoms with Crippen LogP contribution in [0.2, 0.25) is 0 Å². The summed E-state index contributed by atoms with van der Waals surface area (Å²) in [5.74, 6) is -0.605. The monoisotopic (exact) mass is 289 g/mol. The summed E-state index contributed by atoms with van der Waals surface area (Å²) in [6.45, 7) is 1.77. The standard InChI is InChI=1S/C12H10F3NO2S/c1-2-18-10(17)5-7-3-4-9(12(13,14)15)11(19)8(7)6-16/h3-4,19H,2,5H2,1H3. The lowest BCUT2D eigenvalue weighted by molar-refractivity contribution is -0.142. The van der Waals surface area contributed by atoms with E-state index < -0.39 is 22.6 Å². The molecule has 0 saturated heterocycles. The van der Waals surface area contributed by atoms with Crippen molar-refractivity contribution in [3.8, 4) is 6.07 Å². The van der Waals surface area contributed by atoms with E-state index in [-0.39, 0.29) is 24.2 Å². The Balaban J connectivity index is 3.21. The Hall–Kier alpha value is -1.68. The Morgan fingerprint density at radius 2 is 2.11 bits per heavy atom. The highest BCUT2D eigenvalue weighted by Crippen LogP contribution is 2.36. The molecule has 0 aliphatic rings. The lowest BCUT2D eigenvalue weighted by Crippen LogP contribution is -2.12. The van der Waals surface area contributed by atoms with E-state index in [4.69, 9.17) is 5.26 Å². The summed E-state index contributed by atoms with van der Waals surface area (Å²) in [6.07, 6.45) is -4.85. The van der Waals surface area contributed by atoms with Gasteiger partial charge in [0.1, 0.15) is 6.07 Å². The van der Waals surface area contributed by atoms with Crippen LogP contribution in [0.15, 0.2) is 17.0 Å². The number of carbonyl (C=O) groups is 1. The van der Waals surface area contributed by atoms with Crippen molar-refractivity contribution in [3.63, 3.8) is 0 Å². The summed E-state index contributed by atoms with van der Waals surface area (Å²) < 4.78 is 42.6. The molecule has 0 amide bonds. The first kappa shape index (κ1) is 15.4. The molecule has 19 heavy (non-hydrogen) atoms. The zero-order chi connectivity index (χ0) is 14.6. The number of esters is 1. The average molecular weight is 289 g/mol. The van der Waals surface area contributed by atoms with Crippen molar-refractivity contribution in [2.24, 2.45) is 0 Å². The molecule has 1 aromatic rings. The maximum absolute atomic E-state index is 12.6. The minimum atomic E-state index is -4.59. The number of hydrogen-bond donors (Lipinski definition) is 1. The molecule has 0 radical (unpaired) electrons. The fourth-order valence-electron chi connectivity index (χ4n) is 1.50. The minimum Gasteiger partial charge on any atom is -0.466 e. The van der Waals surface area contributed by atoms with E-state index in [1.54, 1.807) is 13.0 Å². The van der Waals surface area contributed by atoms with Crippen molar-refractivity contribution < 1.29 is 22.7 Å². The molecule has 0 aliphatic carbocycles. The minimum absolute atomic E-state index is 0.162. The van der Waals surface area contributed by atoms with Gasteiger partial charge in [-0.25, -0.2) is 0 Å². The second-order valence-corrected chi connectivity index (χ2v) is 4.03. The van der Waals surface area contributed by atoms with Gasteiger partial charge < -0.3 is 4.74 Å². The Morgan fingerprint density at radius 1 is 1.47 bits per heavy atom. The lowest BCUT2D eigenvalue weighted by atomic mass is 10.0. The third-order valence-corrected chi connectivity index (χ3v) is 2.79. The van der Waals surface area contributed by atoms with Gasteiger partial charge in [-0.05, 0) is 18.6 Å². The molecule has 3 nitrogen and oxygen atoms in total. The van der Waals surface area contributed by atoms with Crippen molar-refractivity contribution in [1.29, 1.82) is 5.26 Å². The van der Waals surface area contributed by atoms with E-state index in [0.29, 0.717) is 0 Å². The Bertz CT molecular complexity index is 535. The van der Waals surface area contributed by atoms with E-state index in [1.165, 1.54) is 0 Å². The molecule has 102 valence electrons. The van der Waals surface area contributed by atoms with Gasteiger partial charge in [0.15, 0.2) is 0 Å². The normalized spacial score (nSPS) is 10.9. The van der Waals surface area contributed by atoms with E-state index >= 15 is 0 Å². The number of nitriles is 1. The van der Waals surface area contributed by atoms with E-state index in [9.17, 15) is 18.0 Å². The van der Waals surface area contributed by atoms with Gasteiger partial charge in [-0.15, -0.1) is 12.6 Å². The predicted molar refractivity (Wildman–Crippen MR) is 63.7 cm³/mol. The molecular formula is C12H10F3NO2S. The van der Waals surface area contributed by atoms with Crippen LogP contribution in [0.4, 0.5) is 13.2 Å². The van der Waals surface area contributed by atoms with Crippen molar-refractivity contribution in [3.05, 3.63) is 28.8 Å². The van der Waals surface area contributed by atoms with Crippen LogP contribution in [0.1, 0.15) is 23.6 Å². The molecule has 0 unspecified atom stereocenters. The SMILES string of the molecule is CCOC(=O)Cc1ccc(C(F)(F)F)c(S)c1C#N. The van der Waals surface area contributed by atoms with Crippen LogP contribution in [0, 0.1) is 11.3 Å². The number of benzene rings is 1. The van der Waals surface area contributed by atoms with Gasteiger partial charge in [-0.3, -0.25) is 4.79 Å². The molecule has 7 heteroatoms. The summed E-state index contributed by atoms with van der Waals surface area (Å²) in [4.78, 5) is 10.8. The quantitative estimate of drug-likeness (QED) is 0.687. The van der Waals surface area contributed by atoms with Crippen LogP contribution >= 0.6 is 12.6 Å². The van der Waals surface area contributed by atoms with Crippen LogP contribution in [0.25, 0.3) is 0 Å². The molecule has 0 aliphatic heterocycles. The van der Waals surface area contributed by atoms with Crippen molar-refractivity contribution in [2.45, 2.75) is 24.4 Å². The van der Waals surface area contributed by atoms with Crippen LogP contribution in [0.3, 0.4) is 0 Å². The molecule has 0 aromatic heterocycles. The van der Waals surface area contributed by atoms with Crippen LogP contribution in [0.5, 0.6) is 0 Å². The lowest BCUT2D eigenvalue weighted by Gasteiger charge is -2.13. The highest BCUT2D eigenvalue weighted by Gasteiger charge is 2.34. The smallest absolute Gasteiger partial charge is 0.417 e. The third-order valence-electron chi connectivity index (χ3n) is 2.32. The van der Waals surface area contributed by atoms with Gasteiger partial charge in [0.05, 0.1) is 24.2 Å². The molecule has 1 aromatic carbocycles. The van der Waals surface area contributed by atoms with E-state index in [0.717, 1.165) is 12.1 Å². The van der Waals surface area contributed by atoms with Gasteiger partial charge >= 0.3 is 12.1 Å². The second-order valence-electron chi connectivity index (χ2n) is 3.59. The number of hydrogen-bond acceptors (Lipinski definition) is 4. The molecule has 0 fully saturated rings. The number of thiol groups is 1. The topological polar surface area (TPSA) is 50.1 Å². The number of rotatable bonds is 3. The first-order chi connectivity index (χ1) is 8.81. The molecule has 1 rings (SSSR count). The highest BCUT2D eigenvalue weighted by molar-refractivity contribution is 7.80. The average Bonchev–Trinajstić information content (AvgIpc) is 2.27. The molecule has 0 spiro atoms. The van der Waals surface area contributed by atoms with Crippen molar-refractivity contribution in [2.75, 3.05) is 6.61 Å². The van der Waals surface area contributed by atoms with Crippen LogP contribution in [-0.4, -0.2) is 12.6 Å². The Kier molecular flexibility index (Phi) is 4.84. The molecule has 0 heterocycles. The van der Waals surface area contributed by atoms with Gasteiger partial charge in [0, 0.05) is 4.90 Å². The second kappa shape index (κ2) is 5.97. The maximum atomic E-state index is 12.6. The zero-order valence-electron chi connectivity index (χ0n) is 9.91.